The molecule has 2 fully saturated rings. The largest absolute Gasteiger partial charge is 0.343 e. The molecule has 0 spiro atoms. The molecule has 0 bridgehead atoms. The summed E-state index contributed by atoms with van der Waals surface area (Å²) in [7, 11) is -1.03. The Morgan fingerprint density at radius 1 is 1.16 bits per heavy atom. The summed E-state index contributed by atoms with van der Waals surface area (Å²) in [5, 5.41) is 0. The van der Waals surface area contributed by atoms with Crippen molar-refractivity contribution >= 4 is 15.7 Å². The highest BCUT2D eigenvalue weighted by molar-refractivity contribution is 7.91. The van der Waals surface area contributed by atoms with Crippen molar-refractivity contribution in [1.82, 2.24) is 9.80 Å². The number of piperidine rings is 1. The molecular weight excluding hydrogens is 336 g/mol. The van der Waals surface area contributed by atoms with Crippen molar-refractivity contribution in [2.75, 3.05) is 31.6 Å². The average Bonchev–Trinajstić information content (AvgIpc) is 2.94. The number of amides is 1. The zero-order valence-electron chi connectivity index (χ0n) is 14.9. The van der Waals surface area contributed by atoms with Gasteiger partial charge in [0.15, 0.2) is 9.84 Å². The van der Waals surface area contributed by atoms with Gasteiger partial charge in [-0.2, -0.15) is 0 Å². The van der Waals surface area contributed by atoms with Gasteiger partial charge in [-0.3, -0.25) is 9.69 Å². The molecule has 1 atom stereocenters. The number of nitrogens with zero attached hydrogens (tertiary/aromatic N) is 2. The summed E-state index contributed by atoms with van der Waals surface area (Å²) in [4.78, 5) is 16.8. The van der Waals surface area contributed by atoms with E-state index in [1.54, 1.807) is 0 Å². The Hall–Kier alpha value is -1.40. The molecule has 1 amide bonds. The lowest BCUT2D eigenvalue weighted by molar-refractivity contribution is -0.133. The fourth-order valence-corrected chi connectivity index (χ4v) is 5.80. The van der Waals surface area contributed by atoms with Crippen LogP contribution in [0, 0.1) is 5.92 Å². The van der Waals surface area contributed by atoms with Crippen LogP contribution in [0.4, 0.5) is 0 Å². The van der Waals surface area contributed by atoms with E-state index in [2.05, 4.69) is 29.2 Å². The molecule has 1 unspecified atom stereocenters. The SMILES string of the molecule is CN(C(=O)CC1CCS(=O)(=O)C1)C1CCN(Cc2ccccc2)CC1. The van der Waals surface area contributed by atoms with Crippen molar-refractivity contribution in [1.29, 1.82) is 0 Å². The molecule has 3 rings (SSSR count). The van der Waals surface area contributed by atoms with Crippen LogP contribution in [0.15, 0.2) is 30.3 Å². The number of hydrogen-bond donors (Lipinski definition) is 0. The van der Waals surface area contributed by atoms with Gasteiger partial charge in [0.1, 0.15) is 0 Å². The summed E-state index contributed by atoms with van der Waals surface area (Å²) in [6, 6.07) is 10.7. The van der Waals surface area contributed by atoms with Gasteiger partial charge in [0.25, 0.3) is 0 Å². The highest BCUT2D eigenvalue weighted by atomic mass is 32.2. The molecule has 0 aromatic heterocycles. The van der Waals surface area contributed by atoms with Gasteiger partial charge in [0, 0.05) is 39.1 Å². The Bertz CT molecular complexity index is 682. The summed E-state index contributed by atoms with van der Waals surface area (Å²) in [6.07, 6.45) is 2.98. The Morgan fingerprint density at radius 3 is 2.44 bits per heavy atom. The van der Waals surface area contributed by atoms with Crippen LogP contribution < -0.4 is 0 Å². The molecule has 5 nitrogen and oxygen atoms in total. The van der Waals surface area contributed by atoms with Crippen LogP contribution in [0.3, 0.4) is 0 Å². The van der Waals surface area contributed by atoms with E-state index in [-0.39, 0.29) is 29.4 Å². The second-order valence-corrected chi connectivity index (χ2v) is 9.70. The topological polar surface area (TPSA) is 57.7 Å². The van der Waals surface area contributed by atoms with E-state index in [1.807, 2.05) is 18.0 Å². The van der Waals surface area contributed by atoms with Crippen LogP contribution in [-0.2, 0) is 21.2 Å². The summed E-state index contributed by atoms with van der Waals surface area (Å²) in [6.45, 7) is 2.95. The molecular formula is C19H28N2O3S. The maximum absolute atomic E-state index is 12.5. The molecule has 2 aliphatic rings. The van der Waals surface area contributed by atoms with E-state index in [0.29, 0.717) is 12.8 Å². The van der Waals surface area contributed by atoms with Gasteiger partial charge in [-0.15, -0.1) is 0 Å². The molecule has 1 aromatic carbocycles. The molecule has 2 heterocycles. The Balaban J connectivity index is 1.45. The monoisotopic (exact) mass is 364 g/mol. The van der Waals surface area contributed by atoms with E-state index in [9.17, 15) is 13.2 Å². The third-order valence-corrected chi connectivity index (χ3v) is 7.37. The predicted molar refractivity (Wildman–Crippen MR) is 98.9 cm³/mol. The lowest BCUT2D eigenvalue weighted by Crippen LogP contribution is -2.45. The Morgan fingerprint density at radius 2 is 1.84 bits per heavy atom. The first-order chi connectivity index (χ1) is 11.9. The first kappa shape index (κ1) is 18.4. The van der Waals surface area contributed by atoms with Gasteiger partial charge in [0.05, 0.1) is 11.5 Å². The number of sulfone groups is 1. The molecule has 138 valence electrons. The number of hydrogen-bond acceptors (Lipinski definition) is 4. The summed E-state index contributed by atoms with van der Waals surface area (Å²) < 4.78 is 23.1. The van der Waals surface area contributed by atoms with Gasteiger partial charge in [-0.25, -0.2) is 8.42 Å². The van der Waals surface area contributed by atoms with Crippen LogP contribution in [-0.4, -0.2) is 61.8 Å². The Labute approximate surface area is 150 Å². The first-order valence-electron chi connectivity index (χ1n) is 9.15. The summed E-state index contributed by atoms with van der Waals surface area (Å²) in [5.74, 6) is 0.538. The predicted octanol–water partition coefficient (Wildman–Crippen LogP) is 1.93. The fourth-order valence-electron chi connectivity index (χ4n) is 3.93. The van der Waals surface area contributed by atoms with Crippen LogP contribution in [0.25, 0.3) is 0 Å². The first-order valence-corrected chi connectivity index (χ1v) is 11.0. The summed E-state index contributed by atoms with van der Waals surface area (Å²) >= 11 is 0. The highest BCUT2D eigenvalue weighted by Crippen LogP contribution is 2.24. The van der Waals surface area contributed by atoms with Gasteiger partial charge in [-0.1, -0.05) is 30.3 Å². The van der Waals surface area contributed by atoms with Crippen molar-refractivity contribution in [3.63, 3.8) is 0 Å². The van der Waals surface area contributed by atoms with E-state index in [0.717, 1.165) is 32.5 Å². The molecule has 2 saturated heterocycles. The number of benzene rings is 1. The molecule has 0 saturated carbocycles. The molecule has 2 aliphatic heterocycles. The number of carbonyl (C=O) groups is 1. The zero-order valence-corrected chi connectivity index (χ0v) is 15.7. The zero-order chi connectivity index (χ0) is 17.9. The second-order valence-electron chi connectivity index (χ2n) is 7.47. The molecule has 1 aromatic rings. The van der Waals surface area contributed by atoms with Crippen molar-refractivity contribution in [3.8, 4) is 0 Å². The second kappa shape index (κ2) is 7.87. The quantitative estimate of drug-likeness (QED) is 0.801. The summed E-state index contributed by atoms with van der Waals surface area (Å²) in [5.41, 5.74) is 1.33. The normalized spacial score (nSPS) is 24.3. The fraction of sp³-hybridized carbons (Fsp3) is 0.632. The third kappa shape index (κ3) is 5.05. The molecule has 0 radical (unpaired) electrons. The van der Waals surface area contributed by atoms with Gasteiger partial charge < -0.3 is 4.90 Å². The maximum Gasteiger partial charge on any atom is 0.222 e. The third-order valence-electron chi connectivity index (χ3n) is 5.54. The van der Waals surface area contributed by atoms with Crippen molar-refractivity contribution < 1.29 is 13.2 Å². The van der Waals surface area contributed by atoms with E-state index in [1.165, 1.54) is 5.56 Å². The highest BCUT2D eigenvalue weighted by Gasteiger charge is 2.32. The molecule has 6 heteroatoms. The van der Waals surface area contributed by atoms with Crippen LogP contribution in [0.2, 0.25) is 0 Å². The molecule has 0 N–H and O–H groups in total. The standard InChI is InChI=1S/C19H28N2O3S/c1-20(19(22)13-17-9-12-25(23,24)15-17)18-7-10-21(11-8-18)14-16-5-3-2-4-6-16/h2-6,17-18H,7-15H2,1H3. The van der Waals surface area contributed by atoms with Crippen molar-refractivity contribution in [2.45, 2.75) is 38.3 Å². The van der Waals surface area contributed by atoms with Crippen LogP contribution >= 0.6 is 0 Å². The number of rotatable bonds is 5. The number of carbonyl (C=O) groups excluding carboxylic acids is 1. The van der Waals surface area contributed by atoms with Gasteiger partial charge in [0.2, 0.25) is 5.91 Å². The minimum atomic E-state index is -2.91. The molecule has 0 aliphatic carbocycles. The minimum Gasteiger partial charge on any atom is -0.343 e. The van der Waals surface area contributed by atoms with Gasteiger partial charge in [-0.05, 0) is 30.7 Å². The maximum atomic E-state index is 12.5. The average molecular weight is 365 g/mol. The van der Waals surface area contributed by atoms with Gasteiger partial charge >= 0.3 is 0 Å². The van der Waals surface area contributed by atoms with Crippen molar-refractivity contribution in [3.05, 3.63) is 35.9 Å². The smallest absolute Gasteiger partial charge is 0.222 e. The van der Waals surface area contributed by atoms with Crippen LogP contribution in [0.1, 0.15) is 31.2 Å². The lowest BCUT2D eigenvalue weighted by Gasteiger charge is -2.37. The lowest BCUT2D eigenvalue weighted by atomic mass is 10.00. The van der Waals surface area contributed by atoms with E-state index >= 15 is 0 Å². The van der Waals surface area contributed by atoms with Crippen molar-refractivity contribution in [2.24, 2.45) is 5.92 Å². The van der Waals surface area contributed by atoms with E-state index in [4.69, 9.17) is 0 Å². The van der Waals surface area contributed by atoms with Crippen LogP contribution in [0.5, 0.6) is 0 Å². The minimum absolute atomic E-state index is 0.0121. The van der Waals surface area contributed by atoms with E-state index < -0.39 is 9.84 Å². The Kier molecular flexibility index (Phi) is 5.79. The number of likely N-dealkylation sites (tertiary alicyclic amines) is 1. The molecule has 25 heavy (non-hydrogen) atoms.